The Morgan fingerprint density at radius 1 is 0.692 bits per heavy atom. The fourth-order valence-electron chi connectivity index (χ4n) is 0.806. The molecule has 0 unspecified atom stereocenters. The minimum absolute atomic E-state index is 0.994. The van der Waals surface area contributed by atoms with Crippen molar-refractivity contribution >= 4 is 0 Å². The lowest BCUT2D eigenvalue weighted by Crippen LogP contribution is -2.07. The summed E-state index contributed by atoms with van der Waals surface area (Å²) in [7, 11) is 0. The van der Waals surface area contributed by atoms with E-state index >= 15 is 0 Å². The molecule has 0 aliphatic heterocycles. The van der Waals surface area contributed by atoms with Crippen molar-refractivity contribution < 1.29 is 22.0 Å². The largest absolute Gasteiger partial charge is 0.253 e. The Bertz CT molecular complexity index is 320. The van der Waals surface area contributed by atoms with Crippen LogP contribution >= 0.6 is 0 Å². The van der Waals surface area contributed by atoms with Crippen LogP contribution in [0, 0.1) is 29.1 Å². The summed E-state index contributed by atoms with van der Waals surface area (Å²) in [5.41, 5.74) is 5.44. The first kappa shape index (κ1) is 9.91. The Balaban J connectivity index is 3.56. The second-order valence-corrected chi connectivity index (χ2v) is 2.23. The van der Waals surface area contributed by atoms with Crippen molar-refractivity contribution in [1.82, 2.24) is 5.73 Å². The predicted octanol–water partition coefficient (Wildman–Crippen LogP) is 2.17. The van der Waals surface area contributed by atoms with Gasteiger partial charge in [-0.05, 0) is 0 Å². The highest BCUT2D eigenvalue weighted by Gasteiger charge is 2.24. The van der Waals surface area contributed by atoms with E-state index in [-0.39, 0.29) is 0 Å². The molecular weight excluding hydrogens is 193 g/mol. The quantitative estimate of drug-likeness (QED) is 0.373. The van der Waals surface area contributed by atoms with Crippen LogP contribution in [-0.4, -0.2) is 0 Å². The average Bonchev–Trinajstić information content (AvgIpc) is 2.13. The van der Waals surface area contributed by atoms with Crippen molar-refractivity contribution in [2.45, 2.75) is 6.54 Å². The van der Waals surface area contributed by atoms with Gasteiger partial charge in [-0.3, -0.25) is 5.73 Å². The number of hydrogen-bond acceptors (Lipinski definition) is 0. The van der Waals surface area contributed by atoms with Gasteiger partial charge in [-0.2, -0.15) is 0 Å². The van der Waals surface area contributed by atoms with Crippen LogP contribution in [0.2, 0.25) is 0 Å². The Hall–Kier alpha value is -1.17. The first-order valence-corrected chi connectivity index (χ1v) is 3.15. The number of hydrogen-bond donors (Lipinski definition) is 0. The van der Waals surface area contributed by atoms with Gasteiger partial charge in [0.25, 0.3) is 0 Å². The van der Waals surface area contributed by atoms with Gasteiger partial charge in [0.05, 0.1) is 0 Å². The lowest BCUT2D eigenvalue weighted by atomic mass is 10.1. The monoisotopic (exact) mass is 196 g/mol. The van der Waals surface area contributed by atoms with Crippen molar-refractivity contribution in [2.75, 3.05) is 0 Å². The van der Waals surface area contributed by atoms with Crippen molar-refractivity contribution in [3.8, 4) is 0 Å². The normalized spacial score (nSPS) is 10.6. The summed E-state index contributed by atoms with van der Waals surface area (Å²) in [5.74, 6) is -10.1. The Morgan fingerprint density at radius 2 is 1.00 bits per heavy atom. The maximum atomic E-state index is 12.6. The SMILES string of the molecule is [NH]Cc1c(F)c(F)c(F)c(F)c1F. The molecule has 0 aromatic heterocycles. The molecule has 0 aliphatic rings. The van der Waals surface area contributed by atoms with Gasteiger partial charge in [0.15, 0.2) is 23.3 Å². The van der Waals surface area contributed by atoms with E-state index in [1.165, 1.54) is 0 Å². The summed E-state index contributed by atoms with van der Waals surface area (Å²) in [5, 5.41) is 0. The number of benzene rings is 1. The smallest absolute Gasteiger partial charge is 0.200 e. The molecule has 1 nitrogen and oxygen atoms in total. The summed E-state index contributed by atoms with van der Waals surface area (Å²) < 4.78 is 62.2. The molecule has 1 aromatic carbocycles. The highest BCUT2D eigenvalue weighted by atomic mass is 19.2. The van der Waals surface area contributed by atoms with Crippen molar-refractivity contribution in [1.29, 1.82) is 0 Å². The molecule has 0 bridgehead atoms. The molecule has 0 spiro atoms. The van der Waals surface area contributed by atoms with Gasteiger partial charge >= 0.3 is 0 Å². The molecule has 0 fully saturated rings. The molecule has 1 aromatic rings. The lowest BCUT2D eigenvalue weighted by Gasteiger charge is -2.04. The Morgan fingerprint density at radius 3 is 1.31 bits per heavy atom. The standard InChI is InChI=1S/C7H3F5N/c8-3-2(1-13)4(9)6(11)7(12)5(3)10/h13H,1H2. The zero-order chi connectivity index (χ0) is 10.2. The van der Waals surface area contributed by atoms with E-state index < -0.39 is 41.2 Å². The maximum absolute atomic E-state index is 12.6. The topological polar surface area (TPSA) is 23.8 Å². The van der Waals surface area contributed by atoms with Crippen LogP contribution in [0.25, 0.3) is 0 Å². The molecule has 0 aliphatic carbocycles. The van der Waals surface area contributed by atoms with Gasteiger partial charge in [-0.1, -0.05) is 0 Å². The van der Waals surface area contributed by atoms with Gasteiger partial charge < -0.3 is 0 Å². The zero-order valence-electron chi connectivity index (χ0n) is 6.10. The molecule has 6 heteroatoms. The number of nitrogens with one attached hydrogen (secondary N) is 1. The average molecular weight is 196 g/mol. The first-order chi connectivity index (χ1) is 6.00. The van der Waals surface area contributed by atoms with Gasteiger partial charge in [0.2, 0.25) is 5.82 Å². The second kappa shape index (κ2) is 3.29. The molecule has 0 heterocycles. The molecular formula is C7H3F5N. The molecule has 1 rings (SSSR count). The summed E-state index contributed by atoms with van der Waals surface area (Å²) in [4.78, 5) is 0. The summed E-state index contributed by atoms with van der Waals surface area (Å²) in [6, 6.07) is 0. The maximum Gasteiger partial charge on any atom is 0.200 e. The third kappa shape index (κ3) is 1.37. The van der Waals surface area contributed by atoms with Crippen molar-refractivity contribution in [3.63, 3.8) is 0 Å². The van der Waals surface area contributed by atoms with Crippen molar-refractivity contribution in [2.24, 2.45) is 0 Å². The highest BCUT2D eigenvalue weighted by Crippen LogP contribution is 2.22. The van der Waals surface area contributed by atoms with E-state index in [2.05, 4.69) is 0 Å². The Kier molecular flexibility index (Phi) is 2.51. The minimum atomic E-state index is -2.20. The minimum Gasteiger partial charge on any atom is -0.253 e. The van der Waals surface area contributed by atoms with Crippen LogP contribution in [0.4, 0.5) is 22.0 Å². The molecule has 71 valence electrons. The molecule has 1 N–H and O–H groups in total. The lowest BCUT2D eigenvalue weighted by molar-refractivity contribution is 0.370. The van der Waals surface area contributed by atoms with Crippen LogP contribution in [0.5, 0.6) is 0 Å². The number of halogens is 5. The van der Waals surface area contributed by atoms with E-state index in [1.54, 1.807) is 0 Å². The van der Waals surface area contributed by atoms with Crippen LogP contribution in [0.15, 0.2) is 0 Å². The third-order valence-electron chi connectivity index (χ3n) is 1.48. The van der Waals surface area contributed by atoms with Gasteiger partial charge in [-0.25, -0.2) is 22.0 Å². The summed E-state index contributed by atoms with van der Waals surface area (Å²) in [6.45, 7) is -0.994. The van der Waals surface area contributed by atoms with E-state index in [4.69, 9.17) is 5.73 Å². The van der Waals surface area contributed by atoms with E-state index in [0.29, 0.717) is 0 Å². The summed E-state index contributed by atoms with van der Waals surface area (Å²) >= 11 is 0. The third-order valence-corrected chi connectivity index (χ3v) is 1.48. The van der Waals surface area contributed by atoms with Gasteiger partial charge in [-0.15, -0.1) is 0 Å². The van der Waals surface area contributed by atoms with Crippen LogP contribution < -0.4 is 5.73 Å². The molecule has 1 radical (unpaired) electrons. The van der Waals surface area contributed by atoms with Gasteiger partial charge in [0.1, 0.15) is 0 Å². The Labute approximate surface area is 70.0 Å². The van der Waals surface area contributed by atoms with E-state index in [1.807, 2.05) is 0 Å². The molecule has 13 heavy (non-hydrogen) atoms. The van der Waals surface area contributed by atoms with Gasteiger partial charge in [0, 0.05) is 12.1 Å². The van der Waals surface area contributed by atoms with Crippen LogP contribution in [-0.2, 0) is 6.54 Å². The fourth-order valence-corrected chi connectivity index (χ4v) is 0.806. The molecule has 0 atom stereocenters. The first-order valence-electron chi connectivity index (χ1n) is 3.15. The van der Waals surface area contributed by atoms with E-state index in [9.17, 15) is 22.0 Å². The van der Waals surface area contributed by atoms with Crippen LogP contribution in [0.3, 0.4) is 0 Å². The van der Waals surface area contributed by atoms with E-state index in [0.717, 1.165) is 0 Å². The van der Waals surface area contributed by atoms with Crippen LogP contribution in [0.1, 0.15) is 5.56 Å². The molecule has 0 saturated carbocycles. The zero-order valence-corrected chi connectivity index (χ0v) is 6.10. The van der Waals surface area contributed by atoms with Crippen molar-refractivity contribution in [3.05, 3.63) is 34.6 Å². The number of rotatable bonds is 1. The summed E-state index contributed by atoms with van der Waals surface area (Å²) in [6.07, 6.45) is 0. The molecule has 0 amide bonds. The predicted molar refractivity (Wildman–Crippen MR) is 33.0 cm³/mol. The molecule has 0 saturated heterocycles. The highest BCUT2D eigenvalue weighted by molar-refractivity contribution is 5.23. The fraction of sp³-hybridized carbons (Fsp3) is 0.143. The second-order valence-electron chi connectivity index (χ2n) is 2.23.